The Morgan fingerprint density at radius 1 is 1.19 bits per heavy atom. The van der Waals surface area contributed by atoms with Crippen molar-refractivity contribution in [1.82, 2.24) is 10.3 Å². The van der Waals surface area contributed by atoms with Gasteiger partial charge < -0.3 is 15.1 Å². The number of nitrogens with zero attached hydrogens (tertiary/aromatic N) is 3. The van der Waals surface area contributed by atoms with Gasteiger partial charge in [0.2, 0.25) is 0 Å². The molecule has 3 rings (SSSR count). The van der Waals surface area contributed by atoms with Crippen LogP contribution in [0.2, 0.25) is 0 Å². The normalized spacial score (nSPS) is 15.1. The van der Waals surface area contributed by atoms with E-state index in [4.69, 9.17) is 4.98 Å². The Hall–Kier alpha value is -2.15. The number of halogens is 1. The highest BCUT2D eigenvalue weighted by molar-refractivity contribution is 7.17. The summed E-state index contributed by atoms with van der Waals surface area (Å²) < 4.78 is 14.0. The maximum absolute atomic E-state index is 14.0. The fraction of sp³-hybridized carbons (Fsp3) is 0.500. The molecule has 0 aliphatic carbocycles. The molecule has 1 amide bonds. The van der Waals surface area contributed by atoms with Gasteiger partial charge >= 0.3 is 0 Å². The standard InChI is InChI=1S/C20H27FN4OS/c1-5-15-17(18(26)23-20(2,3)4)27-19(22-15)25-12-10-24(11-13-25)16-9-7-6-8-14(16)21/h6-9H,5,10-13H2,1-4H3,(H,23,26). The Labute approximate surface area is 164 Å². The SMILES string of the molecule is CCc1nc(N2CCN(c3ccccc3F)CC2)sc1C(=O)NC(C)(C)C. The van der Waals surface area contributed by atoms with Gasteiger partial charge in [0.15, 0.2) is 5.13 Å². The molecule has 1 aliphatic heterocycles. The van der Waals surface area contributed by atoms with Gasteiger partial charge in [0.05, 0.1) is 11.4 Å². The minimum absolute atomic E-state index is 0.0620. The fourth-order valence-electron chi connectivity index (χ4n) is 3.14. The molecule has 1 aromatic carbocycles. The predicted molar refractivity (Wildman–Crippen MR) is 110 cm³/mol. The molecule has 1 aliphatic rings. The van der Waals surface area contributed by atoms with Gasteiger partial charge in [0.25, 0.3) is 5.91 Å². The van der Waals surface area contributed by atoms with Crippen LogP contribution in [0.25, 0.3) is 0 Å². The monoisotopic (exact) mass is 390 g/mol. The molecular formula is C20H27FN4OS. The molecule has 5 nitrogen and oxygen atoms in total. The number of piperazine rings is 1. The first-order valence-electron chi connectivity index (χ1n) is 9.35. The number of rotatable bonds is 4. The van der Waals surface area contributed by atoms with Crippen LogP contribution < -0.4 is 15.1 Å². The molecule has 2 aromatic rings. The van der Waals surface area contributed by atoms with E-state index in [2.05, 4.69) is 15.1 Å². The van der Waals surface area contributed by atoms with Crippen LogP contribution in [-0.2, 0) is 6.42 Å². The highest BCUT2D eigenvalue weighted by atomic mass is 32.1. The number of aromatic nitrogens is 1. The lowest BCUT2D eigenvalue weighted by molar-refractivity contribution is 0.0922. The van der Waals surface area contributed by atoms with Crippen molar-refractivity contribution in [3.63, 3.8) is 0 Å². The van der Waals surface area contributed by atoms with E-state index in [0.717, 1.165) is 43.4 Å². The molecule has 2 heterocycles. The number of anilines is 2. The summed E-state index contributed by atoms with van der Waals surface area (Å²) in [7, 11) is 0. The van der Waals surface area contributed by atoms with Crippen molar-refractivity contribution in [2.75, 3.05) is 36.0 Å². The highest BCUT2D eigenvalue weighted by Crippen LogP contribution is 2.29. The van der Waals surface area contributed by atoms with Crippen LogP contribution in [0.4, 0.5) is 15.2 Å². The third-order valence-electron chi connectivity index (χ3n) is 4.46. The van der Waals surface area contributed by atoms with Gasteiger partial charge in [0, 0.05) is 31.7 Å². The van der Waals surface area contributed by atoms with E-state index in [1.807, 2.05) is 39.8 Å². The Balaban J connectivity index is 1.71. The summed E-state index contributed by atoms with van der Waals surface area (Å²) in [6.45, 7) is 10.9. The number of carbonyl (C=O) groups excluding carboxylic acids is 1. The summed E-state index contributed by atoms with van der Waals surface area (Å²) in [6.07, 6.45) is 0.721. The van der Waals surface area contributed by atoms with E-state index < -0.39 is 0 Å². The largest absolute Gasteiger partial charge is 0.366 e. The summed E-state index contributed by atoms with van der Waals surface area (Å²) in [5, 5.41) is 3.90. The van der Waals surface area contributed by atoms with Crippen LogP contribution in [0.3, 0.4) is 0 Å². The van der Waals surface area contributed by atoms with Crippen molar-refractivity contribution in [2.45, 2.75) is 39.7 Å². The number of nitrogens with one attached hydrogen (secondary N) is 1. The quantitative estimate of drug-likeness (QED) is 0.865. The smallest absolute Gasteiger partial charge is 0.263 e. The number of amides is 1. The average molecular weight is 391 g/mol. The number of aryl methyl sites for hydroxylation is 1. The van der Waals surface area contributed by atoms with Gasteiger partial charge in [-0.25, -0.2) is 9.37 Å². The van der Waals surface area contributed by atoms with E-state index in [1.54, 1.807) is 6.07 Å². The van der Waals surface area contributed by atoms with E-state index in [9.17, 15) is 9.18 Å². The van der Waals surface area contributed by atoms with Crippen LogP contribution in [-0.4, -0.2) is 42.6 Å². The maximum atomic E-state index is 14.0. The molecule has 0 unspecified atom stereocenters. The second-order valence-electron chi connectivity index (χ2n) is 7.76. The molecule has 7 heteroatoms. The van der Waals surface area contributed by atoms with Crippen molar-refractivity contribution >= 4 is 28.1 Å². The van der Waals surface area contributed by atoms with Crippen molar-refractivity contribution in [3.05, 3.63) is 40.7 Å². The zero-order chi connectivity index (χ0) is 19.6. The molecule has 0 spiro atoms. The van der Waals surface area contributed by atoms with Crippen LogP contribution in [0, 0.1) is 5.82 Å². The number of para-hydroxylation sites is 1. The van der Waals surface area contributed by atoms with Gasteiger partial charge in [-0.3, -0.25) is 4.79 Å². The van der Waals surface area contributed by atoms with Gasteiger partial charge in [-0.05, 0) is 39.3 Å². The molecule has 146 valence electrons. The minimum atomic E-state index is -0.280. The first-order chi connectivity index (χ1) is 12.8. The zero-order valence-corrected chi connectivity index (χ0v) is 17.2. The molecule has 27 heavy (non-hydrogen) atoms. The molecule has 1 N–H and O–H groups in total. The lowest BCUT2D eigenvalue weighted by atomic mass is 10.1. The summed E-state index contributed by atoms with van der Waals surface area (Å²) in [5.74, 6) is -0.248. The summed E-state index contributed by atoms with van der Waals surface area (Å²) in [5.41, 5.74) is 1.21. The number of benzene rings is 1. The van der Waals surface area contributed by atoms with Crippen LogP contribution in [0.15, 0.2) is 24.3 Å². The maximum Gasteiger partial charge on any atom is 0.263 e. The molecule has 0 saturated carbocycles. The lowest BCUT2D eigenvalue weighted by Crippen LogP contribution is -2.46. The number of hydrogen-bond acceptors (Lipinski definition) is 5. The first-order valence-corrected chi connectivity index (χ1v) is 10.2. The molecule has 0 atom stereocenters. The predicted octanol–water partition coefficient (Wildman–Crippen LogP) is 3.70. The number of thiazole rings is 1. The molecule has 1 fully saturated rings. The third-order valence-corrected chi connectivity index (χ3v) is 5.62. The van der Waals surface area contributed by atoms with Gasteiger partial charge in [0.1, 0.15) is 10.7 Å². The lowest BCUT2D eigenvalue weighted by Gasteiger charge is -2.36. The topological polar surface area (TPSA) is 48.5 Å². The van der Waals surface area contributed by atoms with Gasteiger partial charge in [-0.1, -0.05) is 30.4 Å². The Bertz CT molecular complexity index is 807. The highest BCUT2D eigenvalue weighted by Gasteiger charge is 2.26. The molecule has 1 aromatic heterocycles. The summed E-state index contributed by atoms with van der Waals surface area (Å²) >= 11 is 1.45. The van der Waals surface area contributed by atoms with E-state index in [-0.39, 0.29) is 17.3 Å². The first kappa shape index (κ1) is 19.6. The summed E-state index contributed by atoms with van der Waals surface area (Å²) in [4.78, 5) is 22.3. The van der Waals surface area contributed by atoms with Crippen LogP contribution >= 0.6 is 11.3 Å². The molecule has 0 bridgehead atoms. The summed E-state index contributed by atoms with van der Waals surface area (Å²) in [6, 6.07) is 6.88. The Morgan fingerprint density at radius 3 is 2.41 bits per heavy atom. The number of hydrogen-bond donors (Lipinski definition) is 1. The van der Waals surface area contributed by atoms with Crippen molar-refractivity contribution in [2.24, 2.45) is 0 Å². The Morgan fingerprint density at radius 2 is 1.81 bits per heavy atom. The second kappa shape index (κ2) is 7.84. The van der Waals surface area contributed by atoms with Crippen molar-refractivity contribution < 1.29 is 9.18 Å². The van der Waals surface area contributed by atoms with Gasteiger partial charge in [-0.2, -0.15) is 0 Å². The minimum Gasteiger partial charge on any atom is -0.366 e. The van der Waals surface area contributed by atoms with Crippen LogP contribution in [0.1, 0.15) is 43.1 Å². The van der Waals surface area contributed by atoms with Crippen LogP contribution in [0.5, 0.6) is 0 Å². The third kappa shape index (κ3) is 4.58. The molecular weight excluding hydrogens is 363 g/mol. The van der Waals surface area contributed by atoms with Crippen molar-refractivity contribution in [1.29, 1.82) is 0 Å². The molecule has 1 saturated heterocycles. The molecule has 0 radical (unpaired) electrons. The van der Waals surface area contributed by atoms with E-state index in [0.29, 0.717) is 10.6 Å². The average Bonchev–Trinajstić information content (AvgIpc) is 3.05. The van der Waals surface area contributed by atoms with Crippen molar-refractivity contribution in [3.8, 4) is 0 Å². The Kier molecular flexibility index (Phi) is 5.69. The zero-order valence-electron chi connectivity index (χ0n) is 16.4. The number of carbonyl (C=O) groups is 1. The fourth-order valence-corrected chi connectivity index (χ4v) is 4.24. The van der Waals surface area contributed by atoms with Gasteiger partial charge in [-0.15, -0.1) is 0 Å². The van der Waals surface area contributed by atoms with E-state index >= 15 is 0 Å². The van der Waals surface area contributed by atoms with E-state index in [1.165, 1.54) is 17.4 Å². The second-order valence-corrected chi connectivity index (χ2v) is 8.73.